The first-order chi connectivity index (χ1) is 10.1. The van der Waals surface area contributed by atoms with Crippen LogP contribution >= 0.6 is 0 Å². The van der Waals surface area contributed by atoms with Crippen molar-refractivity contribution in [3.63, 3.8) is 0 Å². The Kier molecular flexibility index (Phi) is 4.55. The van der Waals surface area contributed by atoms with Gasteiger partial charge in [0, 0.05) is 25.2 Å². The highest BCUT2D eigenvalue weighted by Crippen LogP contribution is 2.32. The Morgan fingerprint density at radius 1 is 1.36 bits per heavy atom. The summed E-state index contributed by atoms with van der Waals surface area (Å²) in [5.41, 5.74) is 6.88. The van der Waals surface area contributed by atoms with E-state index >= 15 is 0 Å². The lowest BCUT2D eigenvalue weighted by atomic mass is 10.0. The van der Waals surface area contributed by atoms with Crippen LogP contribution in [0.2, 0.25) is 0 Å². The first kappa shape index (κ1) is 16.9. The van der Waals surface area contributed by atoms with Gasteiger partial charge < -0.3 is 5.73 Å². The van der Waals surface area contributed by atoms with E-state index in [4.69, 9.17) is 5.73 Å². The molecule has 2 rings (SSSR count). The molecule has 1 aliphatic rings. The summed E-state index contributed by atoms with van der Waals surface area (Å²) >= 11 is 0. The average Bonchev–Trinajstić information content (AvgIpc) is 2.91. The molecule has 0 saturated carbocycles. The Hall–Kier alpha value is -1.51. The van der Waals surface area contributed by atoms with Crippen LogP contribution in [-0.4, -0.2) is 36.8 Å². The normalized spacial score (nSPS) is 21.0. The second-order valence-corrected chi connectivity index (χ2v) is 7.84. The molecule has 0 spiro atoms. The van der Waals surface area contributed by atoms with E-state index in [9.17, 15) is 18.5 Å². The first-order valence-corrected chi connectivity index (χ1v) is 8.60. The monoisotopic (exact) mass is 327 g/mol. The van der Waals surface area contributed by atoms with Crippen LogP contribution in [0.25, 0.3) is 0 Å². The molecule has 7 nitrogen and oxygen atoms in total. The highest BCUT2D eigenvalue weighted by Gasteiger charge is 2.37. The zero-order chi connectivity index (χ0) is 16.7. The van der Waals surface area contributed by atoms with E-state index in [2.05, 4.69) is 0 Å². The van der Waals surface area contributed by atoms with Crippen LogP contribution in [0.3, 0.4) is 0 Å². The van der Waals surface area contributed by atoms with Gasteiger partial charge in [0.1, 0.15) is 0 Å². The van der Waals surface area contributed by atoms with Gasteiger partial charge in [-0.05, 0) is 50.3 Å². The summed E-state index contributed by atoms with van der Waals surface area (Å²) in [5.74, 6) is 0.0837. The van der Waals surface area contributed by atoms with E-state index in [1.807, 2.05) is 6.92 Å². The van der Waals surface area contributed by atoms with Gasteiger partial charge in [0.25, 0.3) is 5.69 Å². The lowest BCUT2D eigenvalue weighted by Gasteiger charge is -2.18. The highest BCUT2D eigenvalue weighted by molar-refractivity contribution is 7.89. The quantitative estimate of drug-likeness (QED) is 0.667. The SMILES string of the molecule is Cc1cc([N+](=O)[O-])c(S(=O)(=O)N2CCC(C(C)N)C2)cc1C. The summed E-state index contributed by atoms with van der Waals surface area (Å²) in [4.78, 5) is 10.4. The summed E-state index contributed by atoms with van der Waals surface area (Å²) in [6, 6.07) is 2.61. The largest absolute Gasteiger partial charge is 0.328 e. The molecule has 0 radical (unpaired) electrons. The standard InChI is InChI=1S/C14H21N3O4S/c1-9-6-13(17(18)19)14(7-10(9)2)22(20,21)16-5-4-12(8-16)11(3)15/h6-7,11-12H,4-5,8,15H2,1-3H3. The Labute approximate surface area is 130 Å². The third-order valence-electron chi connectivity index (χ3n) is 4.32. The smallest absolute Gasteiger partial charge is 0.289 e. The summed E-state index contributed by atoms with van der Waals surface area (Å²) in [7, 11) is -3.88. The van der Waals surface area contributed by atoms with Crippen LogP contribution in [0, 0.1) is 29.9 Å². The second-order valence-electron chi connectivity index (χ2n) is 5.93. The molecule has 2 unspecified atom stereocenters. The predicted molar refractivity (Wildman–Crippen MR) is 83.1 cm³/mol. The molecule has 122 valence electrons. The molecule has 0 bridgehead atoms. The van der Waals surface area contributed by atoms with E-state index in [1.165, 1.54) is 16.4 Å². The fourth-order valence-electron chi connectivity index (χ4n) is 2.66. The molecule has 1 fully saturated rings. The van der Waals surface area contributed by atoms with Crippen molar-refractivity contribution in [3.05, 3.63) is 33.4 Å². The van der Waals surface area contributed by atoms with Gasteiger partial charge in [-0.25, -0.2) is 8.42 Å². The molecule has 1 aromatic carbocycles. The second kappa shape index (κ2) is 5.94. The molecule has 1 aromatic rings. The van der Waals surface area contributed by atoms with Crippen molar-refractivity contribution in [1.29, 1.82) is 0 Å². The molecular formula is C14H21N3O4S. The predicted octanol–water partition coefficient (Wildman–Crippen LogP) is 1.57. The minimum absolute atomic E-state index is 0.0837. The van der Waals surface area contributed by atoms with E-state index in [-0.39, 0.29) is 22.5 Å². The molecule has 1 saturated heterocycles. The maximum absolute atomic E-state index is 12.8. The molecule has 1 aliphatic heterocycles. The zero-order valence-electron chi connectivity index (χ0n) is 12.9. The maximum atomic E-state index is 12.8. The number of nitrogens with two attached hydrogens (primary N) is 1. The molecule has 2 atom stereocenters. The van der Waals surface area contributed by atoms with Crippen LogP contribution < -0.4 is 5.73 Å². The summed E-state index contributed by atoms with van der Waals surface area (Å²) in [5, 5.41) is 11.2. The van der Waals surface area contributed by atoms with Crippen LogP contribution in [-0.2, 0) is 10.0 Å². The summed E-state index contributed by atoms with van der Waals surface area (Å²) < 4.78 is 26.8. The average molecular weight is 327 g/mol. The lowest BCUT2D eigenvalue weighted by molar-refractivity contribution is -0.387. The number of nitro groups is 1. The fourth-order valence-corrected chi connectivity index (χ4v) is 4.40. The van der Waals surface area contributed by atoms with E-state index < -0.39 is 14.9 Å². The molecular weight excluding hydrogens is 306 g/mol. The molecule has 22 heavy (non-hydrogen) atoms. The molecule has 1 heterocycles. The van der Waals surface area contributed by atoms with Gasteiger partial charge in [0.05, 0.1) is 4.92 Å². The third kappa shape index (κ3) is 2.99. The number of benzene rings is 1. The van der Waals surface area contributed by atoms with Crippen molar-refractivity contribution in [2.75, 3.05) is 13.1 Å². The van der Waals surface area contributed by atoms with E-state index in [0.29, 0.717) is 30.6 Å². The van der Waals surface area contributed by atoms with Gasteiger partial charge in [0.2, 0.25) is 10.0 Å². The van der Waals surface area contributed by atoms with E-state index in [1.54, 1.807) is 13.8 Å². The number of nitrogens with zero attached hydrogens (tertiary/aromatic N) is 2. The number of hydrogen-bond donors (Lipinski definition) is 1. The van der Waals surface area contributed by atoms with Crippen molar-refractivity contribution in [1.82, 2.24) is 4.31 Å². The lowest BCUT2D eigenvalue weighted by Crippen LogP contribution is -2.33. The van der Waals surface area contributed by atoms with Crippen molar-refractivity contribution in [3.8, 4) is 0 Å². The summed E-state index contributed by atoms with van der Waals surface area (Å²) in [6.45, 7) is 5.97. The van der Waals surface area contributed by atoms with Crippen molar-refractivity contribution < 1.29 is 13.3 Å². The topological polar surface area (TPSA) is 107 Å². The van der Waals surface area contributed by atoms with Crippen LogP contribution in [0.4, 0.5) is 5.69 Å². The first-order valence-electron chi connectivity index (χ1n) is 7.16. The molecule has 0 aliphatic carbocycles. The van der Waals surface area contributed by atoms with Gasteiger partial charge in [0.15, 0.2) is 4.90 Å². The number of aryl methyl sites for hydroxylation is 2. The van der Waals surface area contributed by atoms with Crippen molar-refractivity contribution in [2.45, 2.75) is 38.1 Å². The number of sulfonamides is 1. The van der Waals surface area contributed by atoms with Gasteiger partial charge >= 0.3 is 0 Å². The Morgan fingerprint density at radius 3 is 2.45 bits per heavy atom. The Morgan fingerprint density at radius 2 is 1.95 bits per heavy atom. The van der Waals surface area contributed by atoms with E-state index in [0.717, 1.165) is 0 Å². The van der Waals surface area contributed by atoms with Crippen molar-refractivity contribution >= 4 is 15.7 Å². The minimum atomic E-state index is -3.88. The molecule has 0 amide bonds. The Bertz CT molecular complexity index is 700. The number of rotatable bonds is 4. The maximum Gasteiger partial charge on any atom is 0.289 e. The number of nitro benzene ring substituents is 1. The van der Waals surface area contributed by atoms with Gasteiger partial charge in [-0.2, -0.15) is 4.31 Å². The number of hydrogen-bond acceptors (Lipinski definition) is 5. The van der Waals surface area contributed by atoms with Crippen LogP contribution in [0.15, 0.2) is 17.0 Å². The third-order valence-corrected chi connectivity index (χ3v) is 6.22. The molecule has 0 aromatic heterocycles. The fraction of sp³-hybridized carbons (Fsp3) is 0.571. The van der Waals surface area contributed by atoms with Gasteiger partial charge in [-0.3, -0.25) is 10.1 Å². The summed E-state index contributed by atoms with van der Waals surface area (Å²) in [6.07, 6.45) is 0.676. The van der Waals surface area contributed by atoms with Gasteiger partial charge in [-0.15, -0.1) is 0 Å². The molecule has 2 N–H and O–H groups in total. The zero-order valence-corrected chi connectivity index (χ0v) is 13.8. The Balaban J connectivity index is 2.46. The highest BCUT2D eigenvalue weighted by atomic mass is 32.2. The molecule has 8 heteroatoms. The van der Waals surface area contributed by atoms with Gasteiger partial charge in [-0.1, -0.05) is 0 Å². The van der Waals surface area contributed by atoms with Crippen LogP contribution in [0.5, 0.6) is 0 Å². The van der Waals surface area contributed by atoms with Crippen molar-refractivity contribution in [2.24, 2.45) is 11.7 Å². The minimum Gasteiger partial charge on any atom is -0.328 e. The van der Waals surface area contributed by atoms with Crippen LogP contribution in [0.1, 0.15) is 24.5 Å².